The number of unbranched alkanes of at least 4 members (excludes halogenated alkanes) is 1. The van der Waals surface area contributed by atoms with Gasteiger partial charge in [-0.2, -0.15) is 13.2 Å². The number of carboxylic acids is 1. The minimum Gasteiger partial charge on any atom is -0.475 e. The zero-order valence-corrected chi connectivity index (χ0v) is 11.1. The van der Waals surface area contributed by atoms with Crippen molar-refractivity contribution in [2.75, 3.05) is 6.61 Å². The van der Waals surface area contributed by atoms with Crippen molar-refractivity contribution >= 4 is 5.97 Å². The van der Waals surface area contributed by atoms with E-state index in [4.69, 9.17) is 20.4 Å². The first-order valence-corrected chi connectivity index (χ1v) is 6.44. The van der Waals surface area contributed by atoms with Crippen LogP contribution < -0.4 is 5.73 Å². The average molecular weight is 285 g/mol. The summed E-state index contributed by atoms with van der Waals surface area (Å²) in [5, 5.41) is 7.12. The Kier molecular flexibility index (Phi) is 8.75. The fraction of sp³-hybridized carbons (Fsp3) is 0.917. The predicted octanol–water partition coefficient (Wildman–Crippen LogP) is 2.71. The highest BCUT2D eigenvalue weighted by Gasteiger charge is 2.38. The number of carboxylic acid groups (broad SMARTS) is 1. The molecule has 0 spiro atoms. The van der Waals surface area contributed by atoms with Crippen LogP contribution >= 0.6 is 0 Å². The molecule has 1 fully saturated rings. The number of carbonyl (C=O) groups is 1. The fourth-order valence-corrected chi connectivity index (χ4v) is 1.65. The highest BCUT2D eigenvalue weighted by Crippen LogP contribution is 2.19. The topological polar surface area (TPSA) is 72.5 Å². The van der Waals surface area contributed by atoms with Gasteiger partial charge in [-0.05, 0) is 32.1 Å². The van der Waals surface area contributed by atoms with Crippen molar-refractivity contribution in [3.63, 3.8) is 0 Å². The second-order valence-corrected chi connectivity index (χ2v) is 4.56. The smallest absolute Gasteiger partial charge is 0.475 e. The second-order valence-electron chi connectivity index (χ2n) is 4.56. The maximum Gasteiger partial charge on any atom is 0.490 e. The molecule has 0 aromatic rings. The van der Waals surface area contributed by atoms with Crippen LogP contribution in [-0.2, 0) is 9.53 Å². The maximum absolute atomic E-state index is 10.6. The first-order chi connectivity index (χ1) is 8.77. The Morgan fingerprint density at radius 2 is 1.79 bits per heavy atom. The van der Waals surface area contributed by atoms with E-state index in [0.29, 0.717) is 12.1 Å². The molecule has 114 valence electrons. The summed E-state index contributed by atoms with van der Waals surface area (Å²) in [7, 11) is 0. The highest BCUT2D eigenvalue weighted by atomic mass is 19.4. The summed E-state index contributed by atoms with van der Waals surface area (Å²) in [6.07, 6.45) is 2.49. The molecule has 1 saturated carbocycles. The number of rotatable bonds is 4. The Hall–Kier alpha value is -0.820. The molecule has 0 radical (unpaired) electrons. The molecule has 1 aliphatic carbocycles. The molecule has 0 unspecified atom stereocenters. The Morgan fingerprint density at radius 3 is 2.16 bits per heavy atom. The molecule has 0 bridgehead atoms. The van der Waals surface area contributed by atoms with E-state index in [1.807, 2.05) is 0 Å². The number of ether oxygens (including phenoxy) is 1. The van der Waals surface area contributed by atoms with Crippen molar-refractivity contribution in [2.45, 2.75) is 63.8 Å². The molecule has 7 heteroatoms. The molecule has 0 aromatic carbocycles. The van der Waals surface area contributed by atoms with Crippen LogP contribution in [0.4, 0.5) is 13.2 Å². The Bertz CT molecular complexity index is 251. The summed E-state index contributed by atoms with van der Waals surface area (Å²) in [5.41, 5.74) is 5.80. The highest BCUT2D eigenvalue weighted by molar-refractivity contribution is 5.73. The summed E-state index contributed by atoms with van der Waals surface area (Å²) >= 11 is 0. The van der Waals surface area contributed by atoms with Gasteiger partial charge < -0.3 is 15.6 Å². The lowest BCUT2D eigenvalue weighted by Crippen LogP contribution is -2.30. The number of hydrogen-bond donors (Lipinski definition) is 2. The van der Waals surface area contributed by atoms with Crippen LogP contribution in [-0.4, -0.2) is 36.0 Å². The van der Waals surface area contributed by atoms with Crippen molar-refractivity contribution in [3.05, 3.63) is 0 Å². The monoisotopic (exact) mass is 285 g/mol. The van der Waals surface area contributed by atoms with E-state index in [2.05, 4.69) is 6.92 Å². The van der Waals surface area contributed by atoms with Crippen molar-refractivity contribution in [1.82, 2.24) is 0 Å². The molecule has 1 aliphatic rings. The molecule has 19 heavy (non-hydrogen) atoms. The zero-order valence-electron chi connectivity index (χ0n) is 11.1. The average Bonchev–Trinajstić information content (AvgIpc) is 2.31. The first-order valence-electron chi connectivity index (χ1n) is 6.44. The van der Waals surface area contributed by atoms with Gasteiger partial charge >= 0.3 is 12.1 Å². The van der Waals surface area contributed by atoms with Crippen LogP contribution in [0.1, 0.15) is 45.4 Å². The second kappa shape index (κ2) is 9.14. The molecule has 0 saturated heterocycles. The van der Waals surface area contributed by atoms with Gasteiger partial charge in [-0.1, -0.05) is 13.3 Å². The minimum atomic E-state index is -5.08. The SMILES string of the molecule is CCCCOC1CCC(N)CC1.O=C(O)C(F)(F)F. The lowest BCUT2D eigenvalue weighted by molar-refractivity contribution is -0.192. The van der Waals surface area contributed by atoms with E-state index >= 15 is 0 Å². The Labute approximate surface area is 111 Å². The molecule has 0 aliphatic heterocycles. The van der Waals surface area contributed by atoms with Gasteiger partial charge in [0.05, 0.1) is 6.10 Å². The van der Waals surface area contributed by atoms with Crippen LogP contribution in [0.15, 0.2) is 0 Å². The summed E-state index contributed by atoms with van der Waals surface area (Å²) in [6.45, 7) is 3.14. The minimum absolute atomic E-state index is 0.441. The lowest BCUT2D eigenvalue weighted by Gasteiger charge is -2.26. The first kappa shape index (κ1) is 18.2. The normalized spacial score (nSPS) is 23.4. The van der Waals surface area contributed by atoms with E-state index in [-0.39, 0.29) is 0 Å². The Morgan fingerprint density at radius 1 is 1.32 bits per heavy atom. The van der Waals surface area contributed by atoms with Crippen molar-refractivity contribution in [2.24, 2.45) is 5.73 Å². The lowest BCUT2D eigenvalue weighted by atomic mass is 9.94. The third-order valence-electron chi connectivity index (χ3n) is 2.81. The molecule has 0 amide bonds. The van der Waals surface area contributed by atoms with E-state index in [1.165, 1.54) is 25.7 Å². The van der Waals surface area contributed by atoms with Crippen molar-refractivity contribution in [3.8, 4) is 0 Å². The summed E-state index contributed by atoms with van der Waals surface area (Å²) in [4.78, 5) is 8.90. The number of aliphatic carboxylic acids is 1. The summed E-state index contributed by atoms with van der Waals surface area (Å²) in [5.74, 6) is -2.76. The van der Waals surface area contributed by atoms with Crippen LogP contribution in [0.3, 0.4) is 0 Å². The molecule has 0 aromatic heterocycles. The molecular weight excluding hydrogens is 263 g/mol. The van der Waals surface area contributed by atoms with Crippen LogP contribution in [0.2, 0.25) is 0 Å². The Balaban J connectivity index is 0.000000399. The van der Waals surface area contributed by atoms with Gasteiger partial charge in [0.1, 0.15) is 0 Å². The quantitative estimate of drug-likeness (QED) is 0.779. The van der Waals surface area contributed by atoms with Gasteiger partial charge in [-0.15, -0.1) is 0 Å². The molecule has 3 N–H and O–H groups in total. The van der Waals surface area contributed by atoms with Crippen LogP contribution in [0.5, 0.6) is 0 Å². The summed E-state index contributed by atoms with van der Waals surface area (Å²) in [6, 6.07) is 0.441. The number of halogens is 3. The third-order valence-corrected chi connectivity index (χ3v) is 2.81. The number of alkyl halides is 3. The van der Waals surface area contributed by atoms with Crippen molar-refractivity contribution in [1.29, 1.82) is 0 Å². The zero-order chi connectivity index (χ0) is 14.9. The van der Waals surface area contributed by atoms with Gasteiger partial charge in [0.25, 0.3) is 0 Å². The van der Waals surface area contributed by atoms with E-state index in [0.717, 1.165) is 19.4 Å². The van der Waals surface area contributed by atoms with E-state index in [9.17, 15) is 13.2 Å². The van der Waals surface area contributed by atoms with Crippen LogP contribution in [0, 0.1) is 0 Å². The largest absolute Gasteiger partial charge is 0.490 e. The molecule has 0 heterocycles. The van der Waals surface area contributed by atoms with Gasteiger partial charge in [0.15, 0.2) is 0 Å². The van der Waals surface area contributed by atoms with E-state index in [1.54, 1.807) is 0 Å². The van der Waals surface area contributed by atoms with Gasteiger partial charge in [0, 0.05) is 12.6 Å². The van der Waals surface area contributed by atoms with E-state index < -0.39 is 12.1 Å². The van der Waals surface area contributed by atoms with Crippen molar-refractivity contribution < 1.29 is 27.8 Å². The molecule has 4 nitrogen and oxygen atoms in total. The van der Waals surface area contributed by atoms with Gasteiger partial charge in [0.2, 0.25) is 0 Å². The number of nitrogens with two attached hydrogens (primary N) is 1. The van der Waals surface area contributed by atoms with Crippen LogP contribution in [0.25, 0.3) is 0 Å². The van der Waals surface area contributed by atoms with Gasteiger partial charge in [-0.3, -0.25) is 0 Å². The number of hydrogen-bond acceptors (Lipinski definition) is 3. The fourth-order valence-electron chi connectivity index (χ4n) is 1.65. The molecular formula is C12H22F3NO3. The predicted molar refractivity (Wildman–Crippen MR) is 64.8 cm³/mol. The van der Waals surface area contributed by atoms with Gasteiger partial charge in [-0.25, -0.2) is 4.79 Å². The molecule has 1 rings (SSSR count). The third kappa shape index (κ3) is 9.72. The standard InChI is InChI=1S/C10H21NO.C2HF3O2/c1-2-3-8-12-10-6-4-9(11)5-7-10;3-2(4,5)1(6)7/h9-10H,2-8,11H2,1H3;(H,6,7). The maximum atomic E-state index is 10.6. The summed E-state index contributed by atoms with van der Waals surface area (Å²) < 4.78 is 37.5. The molecule has 0 atom stereocenters.